The lowest BCUT2D eigenvalue weighted by Gasteiger charge is -2.37. The van der Waals surface area contributed by atoms with Crippen LogP contribution in [0.15, 0.2) is 6.33 Å². The summed E-state index contributed by atoms with van der Waals surface area (Å²) >= 11 is 0. The molecule has 6 heteroatoms. The zero-order valence-corrected chi connectivity index (χ0v) is 8.49. The summed E-state index contributed by atoms with van der Waals surface area (Å²) < 4.78 is 0. The highest BCUT2D eigenvalue weighted by molar-refractivity contribution is 5.77. The highest BCUT2D eigenvalue weighted by Crippen LogP contribution is 2.31. The van der Waals surface area contributed by atoms with Gasteiger partial charge in [0.1, 0.15) is 12.2 Å². The van der Waals surface area contributed by atoms with E-state index in [1.165, 1.54) is 6.33 Å². The van der Waals surface area contributed by atoms with E-state index in [4.69, 9.17) is 5.73 Å². The second-order valence-corrected chi connectivity index (χ2v) is 4.10. The molecule has 4 N–H and O–H groups in total. The van der Waals surface area contributed by atoms with E-state index in [1.54, 1.807) is 0 Å². The van der Waals surface area contributed by atoms with Crippen molar-refractivity contribution < 1.29 is 4.79 Å². The van der Waals surface area contributed by atoms with Crippen molar-refractivity contribution >= 4 is 5.91 Å². The Kier molecular flexibility index (Phi) is 2.68. The predicted octanol–water partition coefficient (Wildman–Crippen LogP) is -0.308. The van der Waals surface area contributed by atoms with Crippen molar-refractivity contribution in [1.29, 1.82) is 0 Å². The summed E-state index contributed by atoms with van der Waals surface area (Å²) in [5.41, 5.74) is 5.70. The van der Waals surface area contributed by atoms with Gasteiger partial charge in [0.15, 0.2) is 0 Å². The Balaban J connectivity index is 1.73. The summed E-state index contributed by atoms with van der Waals surface area (Å²) in [4.78, 5) is 15.4. The molecule has 1 saturated carbocycles. The van der Waals surface area contributed by atoms with Gasteiger partial charge in [0.2, 0.25) is 5.91 Å². The van der Waals surface area contributed by atoms with Gasteiger partial charge in [-0.05, 0) is 19.3 Å². The number of nitrogens with one attached hydrogen (secondary N) is 2. The molecule has 1 aromatic rings. The van der Waals surface area contributed by atoms with E-state index in [-0.39, 0.29) is 11.4 Å². The third-order valence-corrected chi connectivity index (χ3v) is 2.78. The Hall–Kier alpha value is -1.43. The normalized spacial score (nSPS) is 18.2. The Labute approximate surface area is 87.6 Å². The Bertz CT molecular complexity index is 330. The summed E-state index contributed by atoms with van der Waals surface area (Å²) in [7, 11) is 0. The fraction of sp³-hybridized carbons (Fsp3) is 0.667. The third kappa shape index (κ3) is 2.53. The van der Waals surface area contributed by atoms with E-state index < -0.39 is 0 Å². The average Bonchev–Trinajstić information content (AvgIpc) is 2.64. The van der Waals surface area contributed by atoms with Crippen LogP contribution in [0.1, 0.15) is 31.5 Å². The monoisotopic (exact) mass is 209 g/mol. The molecule has 0 atom stereocenters. The number of carbonyl (C=O) groups is 1. The fourth-order valence-electron chi connectivity index (χ4n) is 1.69. The second kappa shape index (κ2) is 3.98. The maximum absolute atomic E-state index is 11.5. The van der Waals surface area contributed by atoms with Crippen LogP contribution in [0, 0.1) is 0 Å². The van der Waals surface area contributed by atoms with Gasteiger partial charge < -0.3 is 11.1 Å². The molecule has 6 nitrogen and oxygen atoms in total. The molecule has 1 fully saturated rings. The van der Waals surface area contributed by atoms with Crippen molar-refractivity contribution in [2.75, 3.05) is 0 Å². The minimum absolute atomic E-state index is 0.0198. The van der Waals surface area contributed by atoms with Crippen molar-refractivity contribution in [3.8, 4) is 0 Å². The first-order valence-corrected chi connectivity index (χ1v) is 5.08. The quantitative estimate of drug-likeness (QED) is 0.633. The number of hydrogen-bond donors (Lipinski definition) is 3. The summed E-state index contributed by atoms with van der Waals surface area (Å²) in [5.74, 6) is 0.636. The molecule has 1 heterocycles. The zero-order valence-electron chi connectivity index (χ0n) is 8.49. The van der Waals surface area contributed by atoms with E-state index in [0.29, 0.717) is 18.8 Å². The van der Waals surface area contributed by atoms with Gasteiger partial charge in [0.05, 0.1) is 6.54 Å². The molecular formula is C9H15N5O. The molecule has 1 aliphatic carbocycles. The summed E-state index contributed by atoms with van der Waals surface area (Å²) in [6.45, 7) is 0.384. The number of nitrogens with two attached hydrogens (primary N) is 1. The Morgan fingerprint density at radius 3 is 3.00 bits per heavy atom. The minimum Gasteiger partial charge on any atom is -0.349 e. The third-order valence-electron chi connectivity index (χ3n) is 2.78. The molecule has 0 aliphatic heterocycles. The van der Waals surface area contributed by atoms with Gasteiger partial charge in [-0.15, -0.1) is 0 Å². The molecular weight excluding hydrogens is 194 g/mol. The first-order valence-electron chi connectivity index (χ1n) is 5.08. The van der Waals surface area contributed by atoms with Crippen molar-refractivity contribution in [2.45, 2.75) is 37.8 Å². The van der Waals surface area contributed by atoms with Crippen LogP contribution in [0.2, 0.25) is 0 Å². The van der Waals surface area contributed by atoms with Gasteiger partial charge in [-0.3, -0.25) is 9.89 Å². The first-order chi connectivity index (χ1) is 7.18. The number of hydrogen-bond acceptors (Lipinski definition) is 4. The minimum atomic E-state index is -0.258. The summed E-state index contributed by atoms with van der Waals surface area (Å²) in [6, 6.07) is 0. The standard InChI is InChI=1S/C9H15N5O/c10-9(2-1-3-9)4-8(15)11-5-7-12-6-13-14-7/h6H,1-5,10H2,(H,11,15)(H,12,13,14). The van der Waals surface area contributed by atoms with Gasteiger partial charge in [-0.1, -0.05) is 0 Å². The van der Waals surface area contributed by atoms with Crippen molar-refractivity contribution in [3.05, 3.63) is 12.2 Å². The van der Waals surface area contributed by atoms with Gasteiger partial charge in [0.25, 0.3) is 0 Å². The number of nitrogens with zero attached hydrogens (tertiary/aromatic N) is 2. The number of amides is 1. The lowest BCUT2D eigenvalue weighted by Crippen LogP contribution is -2.49. The molecule has 82 valence electrons. The van der Waals surface area contributed by atoms with Crippen LogP contribution in [0.5, 0.6) is 0 Å². The fourth-order valence-corrected chi connectivity index (χ4v) is 1.69. The number of carbonyl (C=O) groups excluding carboxylic acids is 1. The smallest absolute Gasteiger partial charge is 0.222 e. The SMILES string of the molecule is NC1(CC(=O)NCc2ncn[nH]2)CCC1. The van der Waals surface area contributed by atoms with Crippen molar-refractivity contribution in [3.63, 3.8) is 0 Å². The van der Waals surface area contributed by atoms with Crippen molar-refractivity contribution in [1.82, 2.24) is 20.5 Å². The van der Waals surface area contributed by atoms with Crippen LogP contribution in [0.4, 0.5) is 0 Å². The van der Waals surface area contributed by atoms with Gasteiger partial charge in [0, 0.05) is 12.0 Å². The topological polar surface area (TPSA) is 96.7 Å². The van der Waals surface area contributed by atoms with E-state index >= 15 is 0 Å². The van der Waals surface area contributed by atoms with E-state index in [9.17, 15) is 4.79 Å². The van der Waals surface area contributed by atoms with Crippen LogP contribution in [-0.4, -0.2) is 26.6 Å². The van der Waals surface area contributed by atoms with Crippen LogP contribution in [0.3, 0.4) is 0 Å². The van der Waals surface area contributed by atoms with Crippen LogP contribution in [0.25, 0.3) is 0 Å². The lowest BCUT2D eigenvalue weighted by molar-refractivity contribution is -0.123. The number of aromatic amines is 1. The molecule has 0 saturated heterocycles. The number of H-pyrrole nitrogens is 1. The molecule has 0 spiro atoms. The summed E-state index contributed by atoms with van der Waals surface area (Å²) in [5, 5.41) is 9.12. The maximum atomic E-state index is 11.5. The van der Waals surface area contributed by atoms with Gasteiger partial charge in [-0.2, -0.15) is 5.10 Å². The Morgan fingerprint density at radius 1 is 1.67 bits per heavy atom. The average molecular weight is 209 g/mol. The zero-order chi connectivity index (χ0) is 10.7. The molecule has 0 aromatic carbocycles. The number of rotatable bonds is 4. The van der Waals surface area contributed by atoms with E-state index in [1.807, 2.05) is 0 Å². The second-order valence-electron chi connectivity index (χ2n) is 4.10. The largest absolute Gasteiger partial charge is 0.349 e. The molecule has 2 rings (SSSR count). The van der Waals surface area contributed by atoms with Crippen LogP contribution in [-0.2, 0) is 11.3 Å². The lowest BCUT2D eigenvalue weighted by atomic mass is 9.75. The van der Waals surface area contributed by atoms with Gasteiger partial charge >= 0.3 is 0 Å². The molecule has 0 unspecified atom stereocenters. The predicted molar refractivity (Wildman–Crippen MR) is 53.6 cm³/mol. The maximum Gasteiger partial charge on any atom is 0.222 e. The Morgan fingerprint density at radius 2 is 2.47 bits per heavy atom. The summed E-state index contributed by atoms with van der Waals surface area (Å²) in [6.07, 6.45) is 4.84. The molecule has 0 radical (unpaired) electrons. The molecule has 1 aromatic heterocycles. The molecule has 1 amide bonds. The van der Waals surface area contributed by atoms with Crippen molar-refractivity contribution in [2.24, 2.45) is 5.73 Å². The van der Waals surface area contributed by atoms with Gasteiger partial charge in [-0.25, -0.2) is 4.98 Å². The number of aromatic nitrogens is 3. The highest BCUT2D eigenvalue weighted by Gasteiger charge is 2.34. The van der Waals surface area contributed by atoms with E-state index in [0.717, 1.165) is 19.3 Å². The molecule has 0 bridgehead atoms. The highest BCUT2D eigenvalue weighted by atomic mass is 16.1. The molecule has 1 aliphatic rings. The first kappa shape index (κ1) is 10.1. The molecule has 15 heavy (non-hydrogen) atoms. The van der Waals surface area contributed by atoms with Crippen LogP contribution >= 0.6 is 0 Å². The van der Waals surface area contributed by atoms with E-state index in [2.05, 4.69) is 20.5 Å². The van der Waals surface area contributed by atoms with Crippen LogP contribution < -0.4 is 11.1 Å².